The number of amides is 2. The van der Waals surface area contributed by atoms with Crippen LogP contribution in [0.2, 0.25) is 0 Å². The zero-order valence-electron chi connectivity index (χ0n) is 17.6. The van der Waals surface area contributed by atoms with Gasteiger partial charge in [-0.05, 0) is 87.6 Å². The van der Waals surface area contributed by atoms with Crippen molar-refractivity contribution in [1.82, 2.24) is 4.90 Å². The number of benzene rings is 2. The molecule has 160 valence electrons. The molecule has 0 aliphatic heterocycles. The maximum Gasteiger partial charge on any atom is 0.322 e. The summed E-state index contributed by atoms with van der Waals surface area (Å²) >= 11 is 1.36. The van der Waals surface area contributed by atoms with Gasteiger partial charge < -0.3 is 21.1 Å². The van der Waals surface area contributed by atoms with E-state index >= 15 is 0 Å². The zero-order valence-corrected chi connectivity index (χ0v) is 18.5. The van der Waals surface area contributed by atoms with Crippen molar-refractivity contribution in [3.8, 4) is 0 Å². The molecule has 0 bridgehead atoms. The molecule has 0 saturated heterocycles. The van der Waals surface area contributed by atoms with Crippen LogP contribution < -0.4 is 11.1 Å². The Kier molecular flexibility index (Phi) is 6.61. The van der Waals surface area contributed by atoms with Crippen molar-refractivity contribution in [2.24, 2.45) is 0 Å². The number of hydrogen-bond acceptors (Lipinski definition) is 4. The molecule has 30 heavy (non-hydrogen) atoms. The minimum atomic E-state index is -0.870. The van der Waals surface area contributed by atoms with Gasteiger partial charge >= 0.3 is 12.0 Å². The van der Waals surface area contributed by atoms with Crippen LogP contribution in [0.25, 0.3) is 0 Å². The lowest BCUT2D eigenvalue weighted by atomic mass is 9.87. The highest BCUT2D eigenvalue weighted by Crippen LogP contribution is 2.35. The van der Waals surface area contributed by atoms with Gasteiger partial charge in [-0.15, -0.1) is 11.8 Å². The van der Waals surface area contributed by atoms with Gasteiger partial charge in [0.15, 0.2) is 0 Å². The number of nitrogens with two attached hydrogens (primary N) is 1. The second-order valence-electron chi connectivity index (χ2n) is 8.08. The van der Waals surface area contributed by atoms with Crippen molar-refractivity contribution in [3.63, 3.8) is 0 Å². The van der Waals surface area contributed by atoms with E-state index in [1.807, 2.05) is 17.9 Å². The Morgan fingerprint density at radius 3 is 2.53 bits per heavy atom. The number of fused-ring (bicyclic) bond motifs is 1. The number of nitrogens with one attached hydrogen (secondary N) is 1. The Morgan fingerprint density at radius 2 is 1.90 bits per heavy atom. The molecule has 2 aromatic carbocycles. The van der Waals surface area contributed by atoms with Crippen molar-refractivity contribution in [1.29, 1.82) is 0 Å². The number of anilines is 2. The molecule has 0 heterocycles. The molecule has 0 saturated carbocycles. The van der Waals surface area contributed by atoms with Gasteiger partial charge in [0.05, 0.1) is 0 Å². The van der Waals surface area contributed by atoms with Gasteiger partial charge in [-0.1, -0.05) is 6.07 Å². The molecule has 2 amide bonds. The van der Waals surface area contributed by atoms with Crippen LogP contribution in [-0.4, -0.2) is 39.3 Å². The van der Waals surface area contributed by atoms with Crippen LogP contribution in [0.5, 0.6) is 0 Å². The Hall–Kier alpha value is -2.67. The van der Waals surface area contributed by atoms with E-state index in [4.69, 9.17) is 5.73 Å². The normalized spacial score (nSPS) is 15.9. The Morgan fingerprint density at radius 1 is 1.20 bits per heavy atom. The van der Waals surface area contributed by atoms with Crippen LogP contribution in [0.4, 0.5) is 16.2 Å². The molecule has 1 aliphatic carbocycles. The number of carbonyl (C=O) groups is 2. The summed E-state index contributed by atoms with van der Waals surface area (Å²) in [6.45, 7) is 6.05. The molecule has 0 aromatic heterocycles. The molecule has 0 radical (unpaired) electrons. The minimum absolute atomic E-state index is 0.105. The molecule has 1 unspecified atom stereocenters. The lowest BCUT2D eigenvalue weighted by Crippen LogP contribution is -2.45. The third-order valence-electron chi connectivity index (χ3n) is 5.47. The minimum Gasteiger partial charge on any atom is -0.480 e. The van der Waals surface area contributed by atoms with E-state index in [9.17, 15) is 14.7 Å². The van der Waals surface area contributed by atoms with Crippen molar-refractivity contribution in [2.45, 2.75) is 55.7 Å². The number of urea groups is 1. The van der Waals surface area contributed by atoms with Crippen LogP contribution in [0.15, 0.2) is 47.4 Å². The van der Waals surface area contributed by atoms with E-state index in [1.165, 1.54) is 22.9 Å². The van der Waals surface area contributed by atoms with E-state index < -0.39 is 10.7 Å². The molecule has 7 heteroatoms. The highest BCUT2D eigenvalue weighted by atomic mass is 32.2. The van der Waals surface area contributed by atoms with Crippen molar-refractivity contribution in [3.05, 3.63) is 53.6 Å². The Bertz CT molecular complexity index is 928. The first kappa shape index (κ1) is 22.0. The summed E-state index contributed by atoms with van der Waals surface area (Å²) in [7, 11) is 0. The van der Waals surface area contributed by atoms with E-state index in [0.717, 1.165) is 29.8 Å². The predicted octanol–water partition coefficient (Wildman–Crippen LogP) is 4.64. The molecule has 2 aromatic rings. The molecule has 0 fully saturated rings. The topological polar surface area (TPSA) is 95.7 Å². The summed E-state index contributed by atoms with van der Waals surface area (Å²) in [6.07, 6.45) is 2.55. The van der Waals surface area contributed by atoms with Crippen LogP contribution in [0, 0.1) is 0 Å². The number of thioether (sulfide) groups is 1. The standard InChI is InChI=1S/C23H29N3O3S/c1-4-26(22(29)25-18-9-7-17(24)8-10-18)19-11-5-16-14-20(12-6-15(16)13-19)30-23(2,3)21(27)28/h6-10,12,14,19H,4-5,11,13,24H2,1-3H3,(H,25,29)(H,27,28). The average molecular weight is 428 g/mol. The first-order valence-electron chi connectivity index (χ1n) is 10.2. The smallest absolute Gasteiger partial charge is 0.322 e. The van der Waals surface area contributed by atoms with Crippen molar-refractivity contribution < 1.29 is 14.7 Å². The molecular formula is C23H29N3O3S. The summed E-state index contributed by atoms with van der Waals surface area (Å²) in [4.78, 5) is 27.1. The number of likely N-dealkylation sites (N-methyl/N-ethyl adjacent to an activating group) is 1. The molecular weight excluding hydrogens is 398 g/mol. The number of aryl methyl sites for hydroxylation is 1. The van der Waals surface area contributed by atoms with Crippen LogP contribution in [0.3, 0.4) is 0 Å². The zero-order chi connectivity index (χ0) is 21.9. The fourth-order valence-electron chi connectivity index (χ4n) is 3.71. The summed E-state index contributed by atoms with van der Waals surface area (Å²) in [5.41, 5.74) is 9.57. The monoisotopic (exact) mass is 427 g/mol. The molecule has 6 nitrogen and oxygen atoms in total. The Balaban J connectivity index is 1.69. The van der Waals surface area contributed by atoms with Crippen LogP contribution >= 0.6 is 11.8 Å². The van der Waals surface area contributed by atoms with Gasteiger partial charge in [0.2, 0.25) is 0 Å². The third-order valence-corrected chi connectivity index (χ3v) is 6.65. The number of nitrogen functional groups attached to an aromatic ring is 1. The van der Waals surface area contributed by atoms with E-state index in [2.05, 4.69) is 17.4 Å². The van der Waals surface area contributed by atoms with Gasteiger partial charge in [0.1, 0.15) is 4.75 Å². The average Bonchev–Trinajstić information content (AvgIpc) is 2.70. The number of carboxylic acids is 1. The summed E-state index contributed by atoms with van der Waals surface area (Å²) in [6, 6.07) is 13.3. The van der Waals surface area contributed by atoms with Gasteiger partial charge in [0.25, 0.3) is 0 Å². The predicted molar refractivity (Wildman–Crippen MR) is 122 cm³/mol. The number of aliphatic carboxylic acids is 1. The van der Waals surface area contributed by atoms with Gasteiger partial charge in [0, 0.05) is 28.9 Å². The van der Waals surface area contributed by atoms with Crippen molar-refractivity contribution >= 4 is 35.1 Å². The molecule has 1 aliphatic rings. The SMILES string of the molecule is CCN(C(=O)Nc1ccc(N)cc1)C1CCc2cc(SC(C)(C)C(=O)O)ccc2C1. The van der Waals surface area contributed by atoms with Crippen LogP contribution in [0.1, 0.15) is 38.3 Å². The van der Waals surface area contributed by atoms with Crippen LogP contribution in [-0.2, 0) is 17.6 Å². The third kappa shape index (κ3) is 5.08. The lowest BCUT2D eigenvalue weighted by molar-refractivity contribution is -0.138. The second-order valence-corrected chi connectivity index (χ2v) is 9.78. The first-order chi connectivity index (χ1) is 14.2. The lowest BCUT2D eigenvalue weighted by Gasteiger charge is -2.35. The molecule has 3 rings (SSSR count). The van der Waals surface area contributed by atoms with Gasteiger partial charge in [-0.3, -0.25) is 4.79 Å². The van der Waals surface area contributed by atoms with Crippen molar-refractivity contribution in [2.75, 3.05) is 17.6 Å². The summed E-state index contributed by atoms with van der Waals surface area (Å²) < 4.78 is -0.870. The van der Waals surface area contributed by atoms with Gasteiger partial charge in [-0.25, -0.2) is 4.79 Å². The molecule has 1 atom stereocenters. The quantitative estimate of drug-likeness (QED) is 0.461. The van der Waals surface area contributed by atoms with Gasteiger partial charge in [-0.2, -0.15) is 0 Å². The number of hydrogen-bond donors (Lipinski definition) is 3. The maximum absolute atomic E-state index is 12.8. The highest BCUT2D eigenvalue weighted by Gasteiger charge is 2.30. The second kappa shape index (κ2) is 9.00. The molecule has 0 spiro atoms. The highest BCUT2D eigenvalue weighted by molar-refractivity contribution is 8.01. The fraction of sp³-hybridized carbons (Fsp3) is 0.391. The van der Waals surface area contributed by atoms with E-state index in [0.29, 0.717) is 12.2 Å². The molecule has 4 N–H and O–H groups in total. The van der Waals surface area contributed by atoms with E-state index in [1.54, 1.807) is 38.1 Å². The first-order valence-corrected chi connectivity index (χ1v) is 11.0. The number of rotatable bonds is 6. The summed E-state index contributed by atoms with van der Waals surface area (Å²) in [5, 5.41) is 12.3. The van der Waals surface area contributed by atoms with E-state index in [-0.39, 0.29) is 12.1 Å². The Labute approximate surface area is 181 Å². The number of carboxylic acid groups (broad SMARTS) is 1. The maximum atomic E-state index is 12.8. The number of carbonyl (C=O) groups excluding carboxylic acids is 1. The largest absolute Gasteiger partial charge is 0.480 e. The number of nitrogens with zero attached hydrogens (tertiary/aromatic N) is 1. The fourth-order valence-corrected chi connectivity index (χ4v) is 4.72. The summed E-state index contributed by atoms with van der Waals surface area (Å²) in [5.74, 6) is -0.823.